The molecule has 0 aliphatic carbocycles. The van der Waals surface area contributed by atoms with Crippen LogP contribution in [0.15, 0.2) is 30.6 Å². The van der Waals surface area contributed by atoms with Gasteiger partial charge >= 0.3 is 0 Å². The van der Waals surface area contributed by atoms with Crippen LogP contribution in [0.1, 0.15) is 11.4 Å². The molecule has 3 aromatic rings. The first-order valence-electron chi connectivity index (χ1n) is 5.32. The second-order valence-electron chi connectivity index (χ2n) is 3.85. The van der Waals surface area contributed by atoms with Gasteiger partial charge in [0.1, 0.15) is 11.0 Å². The molecule has 0 unspecified atom stereocenters. The molecule has 0 aromatic carbocycles. The zero-order valence-corrected chi connectivity index (χ0v) is 10.7. The predicted octanol–water partition coefficient (Wildman–Crippen LogP) is 3.25. The van der Waals surface area contributed by atoms with E-state index in [1.54, 1.807) is 18.5 Å². The van der Waals surface area contributed by atoms with Crippen LogP contribution in [0.3, 0.4) is 0 Å². The number of fused-ring (bicyclic) bond motifs is 1. The molecule has 18 heavy (non-hydrogen) atoms. The van der Waals surface area contributed by atoms with E-state index in [0.717, 1.165) is 16.9 Å². The van der Waals surface area contributed by atoms with Gasteiger partial charge in [-0.15, -0.1) is 0 Å². The number of H-pyrrole nitrogens is 1. The van der Waals surface area contributed by atoms with Crippen molar-refractivity contribution < 1.29 is 0 Å². The van der Waals surface area contributed by atoms with Crippen molar-refractivity contribution in [2.45, 2.75) is 6.42 Å². The van der Waals surface area contributed by atoms with E-state index in [4.69, 9.17) is 23.2 Å². The number of aromatic nitrogens is 4. The Morgan fingerprint density at radius 2 is 2.11 bits per heavy atom. The average Bonchev–Trinajstić information content (AvgIpc) is 2.72. The summed E-state index contributed by atoms with van der Waals surface area (Å²) in [6.07, 6.45) is 4.21. The Balaban J connectivity index is 1.99. The van der Waals surface area contributed by atoms with Gasteiger partial charge in [0.15, 0.2) is 5.65 Å². The lowest BCUT2D eigenvalue weighted by molar-refractivity contribution is 1.02. The number of aromatic amines is 1. The van der Waals surface area contributed by atoms with Crippen LogP contribution in [0, 0.1) is 0 Å². The predicted molar refractivity (Wildman–Crippen MR) is 71.0 cm³/mol. The summed E-state index contributed by atoms with van der Waals surface area (Å²) in [5.74, 6) is 0.809. The van der Waals surface area contributed by atoms with Gasteiger partial charge < -0.3 is 4.98 Å². The van der Waals surface area contributed by atoms with Gasteiger partial charge in [0.05, 0.1) is 10.5 Å². The summed E-state index contributed by atoms with van der Waals surface area (Å²) in [6.45, 7) is 0. The minimum atomic E-state index is 0.267. The van der Waals surface area contributed by atoms with Crippen LogP contribution in [0.4, 0.5) is 0 Å². The number of nitrogens with one attached hydrogen (secondary N) is 1. The van der Waals surface area contributed by atoms with Gasteiger partial charge in [-0.25, -0.2) is 9.97 Å². The van der Waals surface area contributed by atoms with Crippen molar-refractivity contribution in [3.8, 4) is 0 Å². The third-order valence-electron chi connectivity index (χ3n) is 2.53. The molecule has 0 spiro atoms. The molecule has 0 aliphatic rings. The third kappa shape index (κ3) is 2.17. The van der Waals surface area contributed by atoms with E-state index >= 15 is 0 Å². The SMILES string of the molecule is Clc1cc2[nH]c(Cc3cccnc3)nc2nc1Cl. The Bertz CT molecular complexity index is 655. The molecule has 6 heteroatoms. The van der Waals surface area contributed by atoms with Crippen LogP contribution in [-0.4, -0.2) is 19.9 Å². The van der Waals surface area contributed by atoms with Crippen molar-refractivity contribution in [3.63, 3.8) is 0 Å². The molecule has 0 saturated carbocycles. The molecule has 0 fully saturated rings. The van der Waals surface area contributed by atoms with E-state index in [0.29, 0.717) is 17.1 Å². The fourth-order valence-corrected chi connectivity index (χ4v) is 2.01. The molecular weight excluding hydrogens is 271 g/mol. The van der Waals surface area contributed by atoms with Crippen molar-refractivity contribution in [1.82, 2.24) is 19.9 Å². The lowest BCUT2D eigenvalue weighted by Gasteiger charge is -1.95. The van der Waals surface area contributed by atoms with E-state index in [1.807, 2.05) is 12.1 Å². The van der Waals surface area contributed by atoms with Gasteiger partial charge in [0.25, 0.3) is 0 Å². The molecule has 3 aromatic heterocycles. The molecule has 0 amide bonds. The largest absolute Gasteiger partial charge is 0.340 e. The highest BCUT2D eigenvalue weighted by molar-refractivity contribution is 6.41. The molecule has 4 nitrogen and oxygen atoms in total. The quantitative estimate of drug-likeness (QED) is 0.732. The maximum atomic E-state index is 5.90. The molecule has 90 valence electrons. The maximum absolute atomic E-state index is 5.90. The van der Waals surface area contributed by atoms with Gasteiger partial charge in [0, 0.05) is 18.8 Å². The van der Waals surface area contributed by atoms with Crippen LogP contribution >= 0.6 is 23.2 Å². The first kappa shape index (κ1) is 11.4. The highest BCUT2D eigenvalue weighted by atomic mass is 35.5. The lowest BCUT2D eigenvalue weighted by Crippen LogP contribution is -1.90. The number of pyridine rings is 2. The molecule has 0 aliphatic heterocycles. The van der Waals surface area contributed by atoms with E-state index in [1.165, 1.54) is 0 Å². The van der Waals surface area contributed by atoms with Crippen LogP contribution in [0.2, 0.25) is 10.2 Å². The monoisotopic (exact) mass is 278 g/mol. The summed E-state index contributed by atoms with van der Waals surface area (Å²) in [5, 5.41) is 0.685. The normalized spacial score (nSPS) is 11.0. The van der Waals surface area contributed by atoms with E-state index < -0.39 is 0 Å². The highest BCUT2D eigenvalue weighted by Gasteiger charge is 2.08. The van der Waals surface area contributed by atoms with Crippen molar-refractivity contribution in [2.75, 3.05) is 0 Å². The summed E-state index contributed by atoms with van der Waals surface area (Å²) >= 11 is 11.8. The van der Waals surface area contributed by atoms with Gasteiger partial charge in [-0.3, -0.25) is 4.98 Å². The number of imidazole rings is 1. The van der Waals surface area contributed by atoms with Gasteiger partial charge in [-0.1, -0.05) is 29.3 Å². The molecule has 0 radical (unpaired) electrons. The summed E-state index contributed by atoms with van der Waals surface area (Å²) in [4.78, 5) is 15.7. The Labute approximate surface area is 113 Å². The topological polar surface area (TPSA) is 54.5 Å². The maximum Gasteiger partial charge on any atom is 0.179 e. The average molecular weight is 279 g/mol. The first-order valence-corrected chi connectivity index (χ1v) is 6.07. The van der Waals surface area contributed by atoms with Crippen LogP contribution in [0.5, 0.6) is 0 Å². The highest BCUT2D eigenvalue weighted by Crippen LogP contribution is 2.23. The number of hydrogen-bond donors (Lipinski definition) is 1. The van der Waals surface area contributed by atoms with Crippen LogP contribution in [-0.2, 0) is 6.42 Å². The summed E-state index contributed by atoms with van der Waals surface area (Å²) in [6, 6.07) is 5.61. The van der Waals surface area contributed by atoms with Crippen molar-refractivity contribution in [2.24, 2.45) is 0 Å². The van der Waals surface area contributed by atoms with E-state index in [9.17, 15) is 0 Å². The number of halogens is 2. The Kier molecular flexibility index (Phi) is 2.89. The third-order valence-corrected chi connectivity index (χ3v) is 3.20. The second kappa shape index (κ2) is 4.55. The molecular formula is C12H8Cl2N4. The van der Waals surface area contributed by atoms with Crippen LogP contribution in [0.25, 0.3) is 11.2 Å². The minimum absolute atomic E-state index is 0.267. The fraction of sp³-hybridized carbons (Fsp3) is 0.0833. The molecule has 0 atom stereocenters. The van der Waals surface area contributed by atoms with Gasteiger partial charge in [0.2, 0.25) is 0 Å². The van der Waals surface area contributed by atoms with Crippen molar-refractivity contribution in [3.05, 3.63) is 52.2 Å². The molecule has 3 rings (SSSR count). The van der Waals surface area contributed by atoms with Crippen LogP contribution < -0.4 is 0 Å². The van der Waals surface area contributed by atoms with Crippen molar-refractivity contribution in [1.29, 1.82) is 0 Å². The molecule has 1 N–H and O–H groups in total. The Morgan fingerprint density at radius 3 is 2.89 bits per heavy atom. The summed E-state index contributed by atoms with van der Waals surface area (Å²) < 4.78 is 0. The Morgan fingerprint density at radius 1 is 1.22 bits per heavy atom. The molecule has 0 bridgehead atoms. The van der Waals surface area contributed by atoms with E-state index in [2.05, 4.69) is 19.9 Å². The van der Waals surface area contributed by atoms with E-state index in [-0.39, 0.29) is 5.15 Å². The Hall–Kier alpha value is -1.65. The molecule has 3 heterocycles. The summed E-state index contributed by atoms with van der Waals surface area (Å²) in [5.41, 5.74) is 2.43. The zero-order valence-electron chi connectivity index (χ0n) is 9.19. The number of hydrogen-bond acceptors (Lipinski definition) is 3. The lowest BCUT2D eigenvalue weighted by atomic mass is 10.2. The smallest absolute Gasteiger partial charge is 0.179 e. The standard InChI is InChI=1S/C12H8Cl2N4/c13-8-5-9-12(18-11(8)14)17-10(16-9)4-7-2-1-3-15-6-7/h1-3,5-6H,4H2,(H,16,17,18). The second-order valence-corrected chi connectivity index (χ2v) is 4.62. The number of rotatable bonds is 2. The molecule has 0 saturated heterocycles. The minimum Gasteiger partial charge on any atom is -0.340 e. The summed E-state index contributed by atoms with van der Waals surface area (Å²) in [7, 11) is 0. The fourth-order valence-electron chi connectivity index (χ4n) is 1.73. The zero-order chi connectivity index (χ0) is 12.5. The van der Waals surface area contributed by atoms with Crippen molar-refractivity contribution >= 4 is 34.4 Å². The first-order chi connectivity index (χ1) is 8.72. The van der Waals surface area contributed by atoms with Gasteiger partial charge in [-0.2, -0.15) is 0 Å². The number of nitrogens with zero attached hydrogens (tertiary/aromatic N) is 3. The van der Waals surface area contributed by atoms with Gasteiger partial charge in [-0.05, 0) is 17.7 Å².